The Hall–Kier alpha value is -1.09. The first kappa shape index (κ1) is 10.9. The van der Waals surface area contributed by atoms with Crippen LogP contribution >= 0.6 is 0 Å². The number of likely N-dealkylation sites (N-methyl/N-ethyl adjacent to an activating group) is 1. The number of hydrogen-bond donors (Lipinski definition) is 2. The molecule has 0 radical (unpaired) electrons. The van der Waals surface area contributed by atoms with Crippen molar-refractivity contribution in [1.82, 2.24) is 0 Å². The molecule has 3 nitrogen and oxygen atoms in total. The van der Waals surface area contributed by atoms with Crippen LogP contribution in [0, 0.1) is 0 Å². The number of carbonyl (C=O) groups excluding carboxylic acids is 1. The number of allylic oxidation sites excluding steroid dienone is 2. The van der Waals surface area contributed by atoms with Crippen LogP contribution in [-0.4, -0.2) is 19.5 Å². The molecule has 1 heterocycles. The van der Waals surface area contributed by atoms with E-state index in [1.807, 2.05) is 33.2 Å². The number of hydrogen-bond acceptors (Lipinski definition) is 1. The molecule has 1 rings (SSSR count). The van der Waals surface area contributed by atoms with E-state index in [4.69, 9.17) is 5.73 Å². The molecule has 1 aliphatic rings. The van der Waals surface area contributed by atoms with E-state index >= 15 is 0 Å². The van der Waals surface area contributed by atoms with Gasteiger partial charge < -0.3 is 10.6 Å². The molecule has 0 aliphatic carbocycles. The van der Waals surface area contributed by atoms with Gasteiger partial charge in [0.15, 0.2) is 0 Å². The fraction of sp³-hybridized carbons (Fsp3) is 0.444. The van der Waals surface area contributed by atoms with Crippen molar-refractivity contribution in [2.45, 2.75) is 13.8 Å². The predicted molar refractivity (Wildman–Crippen MR) is 49.5 cm³/mol. The van der Waals surface area contributed by atoms with Gasteiger partial charge in [-0.1, -0.05) is 13.8 Å². The van der Waals surface area contributed by atoms with Crippen LogP contribution in [0.3, 0.4) is 0 Å². The maximum absolute atomic E-state index is 10.6. The average molecular weight is 169 g/mol. The Morgan fingerprint density at radius 3 is 2.50 bits per heavy atom. The molecule has 0 fully saturated rings. The zero-order valence-corrected chi connectivity index (χ0v) is 7.92. The van der Waals surface area contributed by atoms with E-state index in [1.165, 1.54) is 4.90 Å². The second-order valence-electron chi connectivity index (χ2n) is 2.44. The number of rotatable bonds is 1. The van der Waals surface area contributed by atoms with Crippen molar-refractivity contribution in [2.75, 3.05) is 13.6 Å². The first-order valence-corrected chi connectivity index (χ1v) is 4.19. The summed E-state index contributed by atoms with van der Waals surface area (Å²) in [6, 6.07) is 0. The largest absolute Gasteiger partial charge is 0.366 e. The summed E-state index contributed by atoms with van der Waals surface area (Å²) in [7, 11) is 1.98. The van der Waals surface area contributed by atoms with Gasteiger partial charge in [-0.3, -0.25) is 4.79 Å². The number of primary amides is 1. The molecule has 0 bridgehead atoms. The molecule has 0 aromatic carbocycles. The van der Waals surface area contributed by atoms with Crippen molar-refractivity contribution in [3.05, 3.63) is 23.9 Å². The van der Waals surface area contributed by atoms with Crippen molar-refractivity contribution in [3.63, 3.8) is 0 Å². The third-order valence-corrected chi connectivity index (χ3v) is 1.46. The van der Waals surface area contributed by atoms with Crippen LogP contribution in [-0.2, 0) is 4.79 Å². The second-order valence-corrected chi connectivity index (χ2v) is 2.44. The quantitative estimate of drug-likeness (QED) is 0.544. The summed E-state index contributed by atoms with van der Waals surface area (Å²) >= 11 is 0. The van der Waals surface area contributed by atoms with E-state index < -0.39 is 0 Å². The van der Waals surface area contributed by atoms with E-state index in [9.17, 15) is 4.79 Å². The highest BCUT2D eigenvalue weighted by Crippen LogP contribution is 1.92. The van der Waals surface area contributed by atoms with Crippen molar-refractivity contribution in [3.8, 4) is 0 Å². The van der Waals surface area contributed by atoms with Crippen molar-refractivity contribution >= 4 is 5.91 Å². The van der Waals surface area contributed by atoms with Crippen LogP contribution in [0.1, 0.15) is 13.8 Å². The topological polar surface area (TPSA) is 47.5 Å². The van der Waals surface area contributed by atoms with E-state index in [2.05, 4.69) is 0 Å². The van der Waals surface area contributed by atoms with Crippen LogP contribution in [0.25, 0.3) is 0 Å². The lowest BCUT2D eigenvalue weighted by atomic mass is 10.2. The standard InChI is InChI=1S/C7H10N2O.C2H6/c1-9-4-2-3-6(5-9)7(8)10;1-2/h2-4H,5H2,1H3,(H2,8,10);1-2H3/p+1. The molecule has 0 aromatic rings. The Balaban J connectivity index is 0.000000561. The third kappa shape index (κ3) is 3.34. The minimum atomic E-state index is -0.316. The fourth-order valence-electron chi connectivity index (χ4n) is 0.916. The number of nitrogens with one attached hydrogen (secondary N) is 1. The smallest absolute Gasteiger partial charge is 0.250 e. The minimum absolute atomic E-state index is 0.316. The summed E-state index contributed by atoms with van der Waals surface area (Å²) in [6.07, 6.45) is 5.58. The van der Waals surface area contributed by atoms with Crippen LogP contribution in [0.5, 0.6) is 0 Å². The van der Waals surface area contributed by atoms with Gasteiger partial charge in [-0.25, -0.2) is 0 Å². The van der Waals surface area contributed by atoms with Crippen molar-refractivity contribution in [2.24, 2.45) is 5.73 Å². The van der Waals surface area contributed by atoms with Gasteiger partial charge in [-0.05, 0) is 12.2 Å². The zero-order valence-electron chi connectivity index (χ0n) is 7.92. The summed E-state index contributed by atoms with van der Waals surface area (Å²) in [5.41, 5.74) is 5.77. The van der Waals surface area contributed by atoms with Crippen molar-refractivity contribution < 1.29 is 9.69 Å². The number of nitrogens with two attached hydrogens (primary N) is 1. The molecule has 0 spiro atoms. The molecule has 0 saturated heterocycles. The minimum Gasteiger partial charge on any atom is -0.366 e. The lowest BCUT2D eigenvalue weighted by Gasteiger charge is -2.11. The van der Waals surface area contributed by atoms with Gasteiger partial charge in [-0.15, -0.1) is 0 Å². The maximum Gasteiger partial charge on any atom is 0.250 e. The van der Waals surface area contributed by atoms with Gasteiger partial charge in [0.1, 0.15) is 6.54 Å². The molecule has 3 N–H and O–H groups in total. The number of quaternary nitrogens is 1. The molecule has 12 heavy (non-hydrogen) atoms. The molecule has 3 heteroatoms. The van der Waals surface area contributed by atoms with Crippen LogP contribution in [0.15, 0.2) is 23.9 Å². The van der Waals surface area contributed by atoms with E-state index in [0.29, 0.717) is 12.1 Å². The van der Waals surface area contributed by atoms with E-state index in [1.54, 1.807) is 6.08 Å². The highest BCUT2D eigenvalue weighted by molar-refractivity contribution is 5.92. The average Bonchev–Trinajstić information content (AvgIpc) is 2.08. The Bertz CT molecular complexity index is 207. The van der Waals surface area contributed by atoms with Crippen LogP contribution in [0.2, 0.25) is 0 Å². The molecule has 1 aliphatic heterocycles. The predicted octanol–water partition coefficient (Wildman–Crippen LogP) is -0.534. The maximum atomic E-state index is 10.6. The van der Waals surface area contributed by atoms with Crippen molar-refractivity contribution in [1.29, 1.82) is 0 Å². The Kier molecular flexibility index (Phi) is 5.04. The highest BCUT2D eigenvalue weighted by Gasteiger charge is 2.11. The van der Waals surface area contributed by atoms with Crippen LogP contribution in [0.4, 0.5) is 0 Å². The third-order valence-electron chi connectivity index (χ3n) is 1.46. The second kappa shape index (κ2) is 5.55. The first-order valence-electron chi connectivity index (χ1n) is 4.19. The summed E-state index contributed by atoms with van der Waals surface area (Å²) in [6.45, 7) is 4.70. The molecule has 0 saturated carbocycles. The molecule has 68 valence electrons. The molecule has 1 atom stereocenters. The zero-order chi connectivity index (χ0) is 9.56. The van der Waals surface area contributed by atoms with Gasteiger partial charge in [0.2, 0.25) is 5.91 Å². The summed E-state index contributed by atoms with van der Waals surface area (Å²) in [4.78, 5) is 11.8. The van der Waals surface area contributed by atoms with Gasteiger partial charge >= 0.3 is 0 Å². The van der Waals surface area contributed by atoms with Gasteiger partial charge in [0.25, 0.3) is 0 Å². The Labute approximate surface area is 73.5 Å². The molecular formula is C9H17N2O+. The van der Waals surface area contributed by atoms with E-state index in [0.717, 1.165) is 0 Å². The normalized spacial score (nSPS) is 20.6. The Morgan fingerprint density at radius 1 is 1.58 bits per heavy atom. The number of carbonyl (C=O) groups is 1. The van der Waals surface area contributed by atoms with Gasteiger partial charge in [-0.2, -0.15) is 0 Å². The lowest BCUT2D eigenvalue weighted by Crippen LogP contribution is -3.05. The lowest BCUT2D eigenvalue weighted by molar-refractivity contribution is -0.819. The molecular weight excluding hydrogens is 152 g/mol. The molecule has 0 aromatic heterocycles. The Morgan fingerprint density at radius 2 is 2.17 bits per heavy atom. The summed E-state index contributed by atoms with van der Waals surface area (Å²) in [5.74, 6) is -0.316. The SMILES string of the molecule is CC.C[NH+]1C=CC=C(C(N)=O)C1. The monoisotopic (exact) mass is 169 g/mol. The van der Waals surface area contributed by atoms with Gasteiger partial charge in [0.05, 0.1) is 18.8 Å². The summed E-state index contributed by atoms with van der Waals surface area (Å²) in [5, 5.41) is 0. The highest BCUT2D eigenvalue weighted by atomic mass is 16.1. The molecule has 1 amide bonds. The van der Waals surface area contributed by atoms with Gasteiger partial charge in [0, 0.05) is 0 Å². The molecule has 1 unspecified atom stereocenters. The fourth-order valence-corrected chi connectivity index (χ4v) is 0.916. The number of amides is 1. The van der Waals surface area contributed by atoms with E-state index in [-0.39, 0.29) is 5.91 Å². The van der Waals surface area contributed by atoms with Crippen LogP contribution < -0.4 is 10.6 Å². The first-order chi connectivity index (χ1) is 5.70. The summed E-state index contributed by atoms with van der Waals surface area (Å²) < 4.78 is 0.